The lowest BCUT2D eigenvalue weighted by atomic mass is 10.2. The maximum Gasteiger partial charge on any atom is 0.257 e. The number of nitrogens with one attached hydrogen (secondary N) is 1. The van der Waals surface area contributed by atoms with Crippen LogP contribution >= 0.6 is 0 Å². The highest BCUT2D eigenvalue weighted by Gasteiger charge is 2.15. The van der Waals surface area contributed by atoms with Crippen molar-refractivity contribution < 1.29 is 14.3 Å². The highest BCUT2D eigenvalue weighted by atomic mass is 16.6. The fourth-order valence-corrected chi connectivity index (χ4v) is 3.38. The Labute approximate surface area is 153 Å². The molecule has 3 heterocycles. The van der Waals surface area contributed by atoms with Gasteiger partial charge < -0.3 is 19.7 Å². The summed E-state index contributed by atoms with van der Waals surface area (Å²) in [6, 6.07) is 7.34. The molecule has 6 nitrogen and oxygen atoms in total. The number of nitrogens with zero attached hydrogens (tertiary/aromatic N) is 2. The molecular formula is C20H23N3O3. The molecule has 6 heteroatoms. The number of rotatable bonds is 3. The summed E-state index contributed by atoms with van der Waals surface area (Å²) in [6.45, 7) is 3.11. The molecule has 26 heavy (non-hydrogen) atoms. The zero-order valence-corrected chi connectivity index (χ0v) is 14.7. The molecule has 0 bridgehead atoms. The highest BCUT2D eigenvalue weighted by Crippen LogP contribution is 2.32. The Morgan fingerprint density at radius 2 is 1.73 bits per heavy atom. The van der Waals surface area contributed by atoms with E-state index in [1.54, 1.807) is 12.3 Å². The molecule has 0 atom stereocenters. The summed E-state index contributed by atoms with van der Waals surface area (Å²) in [5.74, 6) is 1.19. The molecule has 1 saturated heterocycles. The summed E-state index contributed by atoms with van der Waals surface area (Å²) >= 11 is 0. The summed E-state index contributed by atoms with van der Waals surface area (Å²) in [5.41, 5.74) is 2.25. The van der Waals surface area contributed by atoms with E-state index < -0.39 is 0 Å². The first-order valence-corrected chi connectivity index (χ1v) is 9.20. The Hall–Kier alpha value is -2.76. The number of hydrogen-bond acceptors (Lipinski definition) is 5. The van der Waals surface area contributed by atoms with E-state index in [0.717, 1.165) is 18.8 Å². The number of benzene rings is 1. The van der Waals surface area contributed by atoms with Crippen molar-refractivity contribution in [3.05, 3.63) is 42.2 Å². The van der Waals surface area contributed by atoms with Crippen molar-refractivity contribution in [2.75, 3.05) is 36.5 Å². The molecule has 0 saturated carbocycles. The second kappa shape index (κ2) is 7.64. The van der Waals surface area contributed by atoms with Gasteiger partial charge in [0, 0.05) is 31.0 Å². The number of carbonyl (C=O) groups excluding carboxylic acids is 1. The van der Waals surface area contributed by atoms with Crippen molar-refractivity contribution in [1.29, 1.82) is 0 Å². The van der Waals surface area contributed by atoms with E-state index in [0.29, 0.717) is 36.0 Å². The first kappa shape index (κ1) is 16.7. The van der Waals surface area contributed by atoms with Crippen molar-refractivity contribution in [3.8, 4) is 11.5 Å². The molecule has 1 aromatic heterocycles. The molecule has 0 unspecified atom stereocenters. The minimum Gasteiger partial charge on any atom is -0.486 e. The number of anilines is 2. The second-order valence-corrected chi connectivity index (χ2v) is 6.65. The Kier molecular flexibility index (Phi) is 4.91. The van der Waals surface area contributed by atoms with Crippen LogP contribution in [0.15, 0.2) is 36.7 Å². The highest BCUT2D eigenvalue weighted by molar-refractivity contribution is 6.04. The predicted molar refractivity (Wildman–Crippen MR) is 100 cm³/mol. The third kappa shape index (κ3) is 3.74. The standard InChI is InChI=1S/C20H23N3O3/c24-20(22-16-5-6-18-19(12-16)26-10-9-25-18)15-11-17(14-21-13-15)23-7-3-1-2-4-8-23/h5-6,11-14H,1-4,7-10H2,(H,22,24). The van der Waals surface area contributed by atoms with Gasteiger partial charge in [-0.25, -0.2) is 0 Å². The van der Waals surface area contributed by atoms with Crippen LogP contribution in [0.5, 0.6) is 11.5 Å². The number of fused-ring (bicyclic) bond motifs is 1. The first-order chi connectivity index (χ1) is 12.8. The summed E-state index contributed by atoms with van der Waals surface area (Å²) in [7, 11) is 0. The van der Waals surface area contributed by atoms with Crippen LogP contribution in [0.2, 0.25) is 0 Å². The van der Waals surface area contributed by atoms with Gasteiger partial charge in [0.05, 0.1) is 17.4 Å². The molecule has 0 aliphatic carbocycles. The number of pyridine rings is 1. The number of carbonyl (C=O) groups is 1. The molecule has 0 spiro atoms. The molecular weight excluding hydrogens is 330 g/mol. The van der Waals surface area contributed by atoms with Crippen molar-refractivity contribution in [3.63, 3.8) is 0 Å². The molecule has 1 fully saturated rings. The summed E-state index contributed by atoms with van der Waals surface area (Å²) in [5, 5.41) is 2.92. The molecule has 2 aliphatic heterocycles. The van der Waals surface area contributed by atoms with Gasteiger partial charge in [-0.1, -0.05) is 12.8 Å². The molecule has 0 radical (unpaired) electrons. The lowest BCUT2D eigenvalue weighted by molar-refractivity contribution is 0.102. The van der Waals surface area contributed by atoms with Gasteiger partial charge in [0.15, 0.2) is 11.5 Å². The lowest BCUT2D eigenvalue weighted by Crippen LogP contribution is -2.24. The van der Waals surface area contributed by atoms with Gasteiger partial charge in [0.2, 0.25) is 0 Å². The molecule has 1 aromatic carbocycles. The topological polar surface area (TPSA) is 63.7 Å². The van der Waals surface area contributed by atoms with Gasteiger partial charge in [0.25, 0.3) is 5.91 Å². The van der Waals surface area contributed by atoms with Crippen LogP contribution in [0, 0.1) is 0 Å². The normalized spacial score (nSPS) is 16.7. The van der Waals surface area contributed by atoms with E-state index >= 15 is 0 Å². The Bertz CT molecular complexity index is 786. The van der Waals surface area contributed by atoms with Gasteiger partial charge in [0.1, 0.15) is 13.2 Å². The van der Waals surface area contributed by atoms with Gasteiger partial charge in [-0.15, -0.1) is 0 Å². The predicted octanol–water partition coefficient (Wildman–Crippen LogP) is 3.49. The van der Waals surface area contributed by atoms with Crippen molar-refractivity contribution in [2.45, 2.75) is 25.7 Å². The third-order valence-corrected chi connectivity index (χ3v) is 4.76. The van der Waals surface area contributed by atoms with E-state index in [4.69, 9.17) is 9.47 Å². The number of amides is 1. The zero-order valence-electron chi connectivity index (χ0n) is 14.7. The minimum absolute atomic E-state index is 0.175. The van der Waals surface area contributed by atoms with Gasteiger partial charge in [-0.2, -0.15) is 0 Å². The fraction of sp³-hybridized carbons (Fsp3) is 0.400. The van der Waals surface area contributed by atoms with Crippen LogP contribution in [-0.2, 0) is 0 Å². The van der Waals surface area contributed by atoms with Crippen LogP contribution in [0.1, 0.15) is 36.0 Å². The van der Waals surface area contributed by atoms with E-state index in [1.165, 1.54) is 25.7 Å². The largest absolute Gasteiger partial charge is 0.486 e. The van der Waals surface area contributed by atoms with Crippen molar-refractivity contribution in [1.82, 2.24) is 4.98 Å². The Balaban J connectivity index is 1.48. The smallest absolute Gasteiger partial charge is 0.257 e. The van der Waals surface area contributed by atoms with E-state index in [-0.39, 0.29) is 5.91 Å². The van der Waals surface area contributed by atoms with E-state index in [1.807, 2.05) is 24.4 Å². The minimum atomic E-state index is -0.175. The van der Waals surface area contributed by atoms with Gasteiger partial charge in [-0.3, -0.25) is 9.78 Å². The fourth-order valence-electron chi connectivity index (χ4n) is 3.38. The lowest BCUT2D eigenvalue weighted by Gasteiger charge is -2.22. The Morgan fingerprint density at radius 1 is 0.962 bits per heavy atom. The summed E-state index contributed by atoms with van der Waals surface area (Å²) < 4.78 is 11.1. The van der Waals surface area contributed by atoms with Crippen LogP contribution in [0.4, 0.5) is 11.4 Å². The second-order valence-electron chi connectivity index (χ2n) is 6.65. The molecule has 1 amide bonds. The number of aromatic nitrogens is 1. The zero-order chi connectivity index (χ0) is 17.8. The monoisotopic (exact) mass is 353 g/mol. The molecule has 136 valence electrons. The van der Waals surface area contributed by atoms with Gasteiger partial charge in [-0.05, 0) is 31.0 Å². The quantitative estimate of drug-likeness (QED) is 0.915. The average molecular weight is 353 g/mol. The number of ether oxygens (including phenoxy) is 2. The molecule has 4 rings (SSSR count). The maximum absolute atomic E-state index is 12.6. The average Bonchev–Trinajstić information content (AvgIpc) is 2.97. The third-order valence-electron chi connectivity index (χ3n) is 4.76. The van der Waals surface area contributed by atoms with Crippen LogP contribution in [0.25, 0.3) is 0 Å². The van der Waals surface area contributed by atoms with E-state index in [2.05, 4.69) is 15.2 Å². The Morgan fingerprint density at radius 3 is 2.54 bits per heavy atom. The van der Waals surface area contributed by atoms with Crippen molar-refractivity contribution in [2.24, 2.45) is 0 Å². The van der Waals surface area contributed by atoms with Crippen LogP contribution < -0.4 is 19.7 Å². The molecule has 2 aliphatic rings. The SMILES string of the molecule is O=C(Nc1ccc2c(c1)OCCO2)c1cncc(N2CCCCCC2)c1. The molecule has 1 N–H and O–H groups in total. The number of hydrogen-bond donors (Lipinski definition) is 1. The molecule has 2 aromatic rings. The first-order valence-electron chi connectivity index (χ1n) is 9.20. The van der Waals surface area contributed by atoms with Gasteiger partial charge >= 0.3 is 0 Å². The van der Waals surface area contributed by atoms with Crippen LogP contribution in [0.3, 0.4) is 0 Å². The van der Waals surface area contributed by atoms with Crippen molar-refractivity contribution >= 4 is 17.3 Å². The summed E-state index contributed by atoms with van der Waals surface area (Å²) in [4.78, 5) is 19.2. The summed E-state index contributed by atoms with van der Waals surface area (Å²) in [6.07, 6.45) is 8.37. The van der Waals surface area contributed by atoms with E-state index in [9.17, 15) is 4.79 Å². The maximum atomic E-state index is 12.6. The van der Waals surface area contributed by atoms with Crippen LogP contribution in [-0.4, -0.2) is 37.2 Å².